The number of nitrogens with zero attached hydrogens (tertiary/aromatic N) is 1. The molecule has 18 heavy (non-hydrogen) atoms. The van der Waals surface area contributed by atoms with E-state index in [0.29, 0.717) is 6.42 Å². The van der Waals surface area contributed by atoms with Crippen molar-refractivity contribution < 1.29 is 29.3 Å². The van der Waals surface area contributed by atoms with Crippen molar-refractivity contribution in [2.24, 2.45) is 0 Å². The number of hydrogen-bond acceptors (Lipinski definition) is 4. The van der Waals surface area contributed by atoms with Crippen LogP contribution in [0.3, 0.4) is 0 Å². The van der Waals surface area contributed by atoms with Gasteiger partial charge in [0.1, 0.15) is 12.1 Å². The molecule has 1 rings (SSSR count). The lowest BCUT2D eigenvalue weighted by Crippen LogP contribution is -2.39. The highest BCUT2D eigenvalue weighted by Crippen LogP contribution is 2.21. The van der Waals surface area contributed by atoms with Gasteiger partial charge in [0.2, 0.25) is 0 Å². The highest BCUT2D eigenvalue weighted by Gasteiger charge is 2.41. The molecule has 1 fully saturated rings. The monoisotopic (exact) mass is 257 g/mol. The van der Waals surface area contributed by atoms with Crippen molar-refractivity contribution in [1.29, 1.82) is 0 Å². The van der Waals surface area contributed by atoms with Gasteiger partial charge < -0.3 is 14.9 Å². The molecule has 1 heterocycles. The fraction of sp³-hybridized carbons (Fsp3) is 0.545. The predicted molar refractivity (Wildman–Crippen MR) is 60.1 cm³/mol. The average molecular weight is 257 g/mol. The Bertz CT molecular complexity index is 345. The molecule has 1 aliphatic heterocycles. The second kappa shape index (κ2) is 6.04. The van der Waals surface area contributed by atoms with Crippen LogP contribution in [0.25, 0.3) is 0 Å². The molecule has 1 amide bonds. The minimum atomic E-state index is -1.33. The zero-order valence-electron chi connectivity index (χ0n) is 9.74. The summed E-state index contributed by atoms with van der Waals surface area (Å²) in [5.41, 5.74) is 0. The summed E-state index contributed by atoms with van der Waals surface area (Å²) in [5, 5.41) is 17.7. The van der Waals surface area contributed by atoms with Crippen LogP contribution < -0.4 is 0 Å². The zero-order valence-corrected chi connectivity index (χ0v) is 9.74. The first-order valence-electron chi connectivity index (χ1n) is 5.48. The van der Waals surface area contributed by atoms with Gasteiger partial charge in [-0.15, -0.1) is 6.58 Å². The van der Waals surface area contributed by atoms with Gasteiger partial charge in [-0.2, -0.15) is 0 Å². The number of likely N-dealkylation sites (tertiary alicyclic amines) is 1. The van der Waals surface area contributed by atoms with Crippen LogP contribution in [-0.4, -0.2) is 51.8 Å². The predicted octanol–water partition coefficient (Wildman–Crippen LogP) is 0.701. The van der Waals surface area contributed by atoms with Crippen molar-refractivity contribution in [3.63, 3.8) is 0 Å². The van der Waals surface area contributed by atoms with E-state index in [0.717, 1.165) is 4.90 Å². The molecule has 0 spiro atoms. The molecule has 1 aliphatic rings. The molecular formula is C11H15NO6. The molecule has 7 nitrogen and oxygen atoms in total. The Balaban J connectivity index is 2.55. The number of carboxylic acid groups (broad SMARTS) is 2. The molecule has 0 saturated carbocycles. The SMILES string of the molecule is C=CCCC(=O)O[C@@H]1CC(C(=O)O)N(C(=O)O)C1. The molecule has 0 bridgehead atoms. The van der Waals surface area contributed by atoms with E-state index in [1.807, 2.05) is 0 Å². The van der Waals surface area contributed by atoms with Crippen LogP contribution in [0.2, 0.25) is 0 Å². The van der Waals surface area contributed by atoms with Crippen molar-refractivity contribution in [3.8, 4) is 0 Å². The molecule has 0 aromatic rings. The van der Waals surface area contributed by atoms with Crippen LogP contribution in [0, 0.1) is 0 Å². The van der Waals surface area contributed by atoms with Gasteiger partial charge in [0.15, 0.2) is 0 Å². The highest BCUT2D eigenvalue weighted by molar-refractivity contribution is 5.80. The molecule has 0 radical (unpaired) electrons. The van der Waals surface area contributed by atoms with Crippen molar-refractivity contribution in [2.75, 3.05) is 6.54 Å². The smallest absolute Gasteiger partial charge is 0.408 e. The van der Waals surface area contributed by atoms with E-state index in [2.05, 4.69) is 6.58 Å². The summed E-state index contributed by atoms with van der Waals surface area (Å²) in [6.07, 6.45) is 0.161. The van der Waals surface area contributed by atoms with Gasteiger partial charge in [-0.3, -0.25) is 9.69 Å². The second-order valence-corrected chi connectivity index (χ2v) is 3.96. The number of esters is 1. The maximum Gasteiger partial charge on any atom is 0.408 e. The van der Waals surface area contributed by atoms with Gasteiger partial charge >= 0.3 is 18.0 Å². The summed E-state index contributed by atoms with van der Waals surface area (Å²) < 4.78 is 5.02. The summed E-state index contributed by atoms with van der Waals surface area (Å²) in [5.74, 6) is -1.71. The summed E-state index contributed by atoms with van der Waals surface area (Å²) >= 11 is 0. The Labute approximate surface area is 104 Å². The Hall–Kier alpha value is -2.05. The molecule has 1 unspecified atom stereocenters. The zero-order chi connectivity index (χ0) is 13.7. The molecule has 0 aromatic carbocycles. The second-order valence-electron chi connectivity index (χ2n) is 3.96. The van der Waals surface area contributed by atoms with Crippen LogP contribution in [0.4, 0.5) is 4.79 Å². The molecule has 0 aromatic heterocycles. The van der Waals surface area contributed by atoms with Crippen molar-refractivity contribution in [1.82, 2.24) is 4.90 Å². The third-order valence-electron chi connectivity index (χ3n) is 2.64. The Morgan fingerprint density at radius 3 is 2.50 bits per heavy atom. The van der Waals surface area contributed by atoms with E-state index in [-0.39, 0.29) is 19.4 Å². The first-order chi connectivity index (χ1) is 8.45. The number of allylic oxidation sites excluding steroid dienone is 1. The summed E-state index contributed by atoms with van der Waals surface area (Å²) in [6, 6.07) is -1.15. The van der Waals surface area contributed by atoms with Gasteiger partial charge in [0.25, 0.3) is 0 Å². The Morgan fingerprint density at radius 1 is 1.39 bits per heavy atom. The largest absolute Gasteiger partial charge is 0.480 e. The highest BCUT2D eigenvalue weighted by atomic mass is 16.5. The lowest BCUT2D eigenvalue weighted by Gasteiger charge is -2.16. The summed E-state index contributed by atoms with van der Waals surface area (Å²) in [4.78, 5) is 33.8. The van der Waals surface area contributed by atoms with E-state index in [9.17, 15) is 14.4 Å². The minimum absolute atomic E-state index is 0.0124. The quantitative estimate of drug-likeness (QED) is 0.555. The summed E-state index contributed by atoms with van der Waals surface area (Å²) in [7, 11) is 0. The number of rotatable bonds is 5. The standard InChI is InChI=1S/C11H15NO6/c1-2-3-4-9(13)18-7-5-8(10(14)15)12(6-7)11(16)17/h2,7-8H,1,3-6H2,(H,14,15)(H,16,17)/t7-,8?/m1/s1. The van der Waals surface area contributed by atoms with E-state index in [4.69, 9.17) is 14.9 Å². The average Bonchev–Trinajstić information content (AvgIpc) is 2.70. The number of ether oxygens (including phenoxy) is 1. The number of amides is 1. The Morgan fingerprint density at radius 2 is 2.06 bits per heavy atom. The maximum absolute atomic E-state index is 11.3. The number of carbonyl (C=O) groups is 3. The fourth-order valence-electron chi connectivity index (χ4n) is 1.79. The van der Waals surface area contributed by atoms with E-state index < -0.39 is 30.2 Å². The molecule has 2 atom stereocenters. The molecular weight excluding hydrogens is 242 g/mol. The van der Waals surface area contributed by atoms with Gasteiger partial charge in [0.05, 0.1) is 6.54 Å². The van der Waals surface area contributed by atoms with Crippen LogP contribution >= 0.6 is 0 Å². The lowest BCUT2D eigenvalue weighted by atomic mass is 10.2. The molecule has 7 heteroatoms. The van der Waals surface area contributed by atoms with Crippen molar-refractivity contribution in [2.45, 2.75) is 31.4 Å². The maximum atomic E-state index is 11.3. The molecule has 1 saturated heterocycles. The van der Waals surface area contributed by atoms with E-state index in [1.165, 1.54) is 0 Å². The molecule has 0 aliphatic carbocycles. The number of carboxylic acids is 1. The van der Waals surface area contributed by atoms with Crippen molar-refractivity contribution >= 4 is 18.0 Å². The third kappa shape index (κ3) is 3.47. The first-order valence-corrected chi connectivity index (χ1v) is 5.48. The summed E-state index contributed by atoms with van der Waals surface area (Å²) in [6.45, 7) is 3.36. The van der Waals surface area contributed by atoms with Gasteiger partial charge in [0, 0.05) is 12.8 Å². The van der Waals surface area contributed by atoms with Crippen LogP contribution in [-0.2, 0) is 14.3 Å². The van der Waals surface area contributed by atoms with Crippen molar-refractivity contribution in [3.05, 3.63) is 12.7 Å². The third-order valence-corrected chi connectivity index (χ3v) is 2.64. The number of aliphatic carboxylic acids is 1. The van der Waals surface area contributed by atoms with Gasteiger partial charge in [-0.25, -0.2) is 9.59 Å². The van der Waals surface area contributed by atoms with Gasteiger partial charge in [-0.1, -0.05) is 6.08 Å². The number of hydrogen-bond donors (Lipinski definition) is 2. The van der Waals surface area contributed by atoms with Crippen LogP contribution in [0.1, 0.15) is 19.3 Å². The van der Waals surface area contributed by atoms with Gasteiger partial charge in [-0.05, 0) is 6.42 Å². The fourth-order valence-corrected chi connectivity index (χ4v) is 1.79. The van der Waals surface area contributed by atoms with E-state index >= 15 is 0 Å². The first kappa shape index (κ1) is 14.0. The molecule has 100 valence electrons. The van der Waals surface area contributed by atoms with E-state index in [1.54, 1.807) is 6.08 Å². The molecule has 2 N–H and O–H groups in total. The lowest BCUT2D eigenvalue weighted by molar-refractivity contribution is -0.149. The topological polar surface area (TPSA) is 104 Å². The Kier molecular flexibility index (Phi) is 4.70. The van der Waals surface area contributed by atoms with Crippen LogP contribution in [0.15, 0.2) is 12.7 Å². The minimum Gasteiger partial charge on any atom is -0.480 e. The normalized spacial score (nSPS) is 22.6. The number of carbonyl (C=O) groups excluding carboxylic acids is 1. The van der Waals surface area contributed by atoms with Crippen LogP contribution in [0.5, 0.6) is 0 Å².